The maximum Gasteiger partial charge on any atom is 0.337 e. The molecule has 1 heterocycles. The smallest absolute Gasteiger partial charge is 0.337 e. The van der Waals surface area contributed by atoms with Crippen LogP contribution in [0.4, 0.5) is 0 Å². The molecule has 13 heavy (non-hydrogen) atoms. The van der Waals surface area contributed by atoms with Gasteiger partial charge in [-0.05, 0) is 13.3 Å². The molecule has 0 aromatic carbocycles. The molecule has 0 spiro atoms. The van der Waals surface area contributed by atoms with Crippen LogP contribution in [0.25, 0.3) is 0 Å². The van der Waals surface area contributed by atoms with Gasteiger partial charge in [-0.15, -0.1) is 0 Å². The summed E-state index contributed by atoms with van der Waals surface area (Å²) >= 11 is 0. The van der Waals surface area contributed by atoms with Crippen molar-refractivity contribution in [1.29, 1.82) is 0 Å². The third-order valence-corrected chi connectivity index (χ3v) is 2.24. The molecule has 0 bridgehead atoms. The van der Waals surface area contributed by atoms with Crippen molar-refractivity contribution in [2.75, 3.05) is 7.11 Å². The van der Waals surface area contributed by atoms with Gasteiger partial charge in [0.1, 0.15) is 11.9 Å². The second-order valence-corrected chi connectivity index (χ2v) is 3.26. The van der Waals surface area contributed by atoms with Crippen LogP contribution in [0.2, 0.25) is 0 Å². The lowest BCUT2D eigenvalue weighted by molar-refractivity contribution is -0.136. The molecule has 3 heteroatoms. The first-order chi connectivity index (χ1) is 6.19. The Morgan fingerprint density at radius 2 is 2.38 bits per heavy atom. The Labute approximate surface area is 78.7 Å². The van der Waals surface area contributed by atoms with Crippen molar-refractivity contribution in [2.45, 2.75) is 39.2 Å². The van der Waals surface area contributed by atoms with Crippen LogP contribution in [-0.4, -0.2) is 19.2 Å². The summed E-state index contributed by atoms with van der Waals surface area (Å²) in [7, 11) is 1.40. The van der Waals surface area contributed by atoms with Crippen LogP contribution in [-0.2, 0) is 14.3 Å². The van der Waals surface area contributed by atoms with Gasteiger partial charge in [0.25, 0.3) is 0 Å². The van der Waals surface area contributed by atoms with Crippen LogP contribution in [0.1, 0.15) is 33.1 Å². The number of allylic oxidation sites excluding steroid dienone is 1. The summed E-state index contributed by atoms with van der Waals surface area (Å²) in [6, 6.07) is 0. The molecule has 0 aromatic heterocycles. The fraction of sp³-hybridized carbons (Fsp3) is 0.700. The van der Waals surface area contributed by atoms with Gasteiger partial charge in [-0.25, -0.2) is 4.79 Å². The number of carbonyl (C=O) groups is 1. The third kappa shape index (κ3) is 2.23. The molecule has 0 saturated carbocycles. The summed E-state index contributed by atoms with van der Waals surface area (Å²) in [4.78, 5) is 11.2. The largest absolute Gasteiger partial charge is 0.494 e. The van der Waals surface area contributed by atoms with Gasteiger partial charge in [-0.3, -0.25) is 0 Å². The molecular formula is C10H16O3. The molecule has 0 amide bonds. The van der Waals surface area contributed by atoms with E-state index in [9.17, 15) is 4.79 Å². The van der Waals surface area contributed by atoms with E-state index in [0.717, 1.165) is 18.6 Å². The van der Waals surface area contributed by atoms with E-state index in [-0.39, 0.29) is 12.1 Å². The highest BCUT2D eigenvalue weighted by Gasteiger charge is 2.27. The van der Waals surface area contributed by atoms with Crippen LogP contribution in [0.5, 0.6) is 0 Å². The third-order valence-electron chi connectivity index (χ3n) is 2.24. The molecule has 1 rings (SSSR count). The molecular weight excluding hydrogens is 168 g/mol. The van der Waals surface area contributed by atoms with E-state index in [2.05, 4.69) is 11.7 Å². The SMILES string of the molecule is CCCC1CC(C(=O)OC)=C(C)O1. The molecule has 0 fully saturated rings. The second-order valence-electron chi connectivity index (χ2n) is 3.26. The lowest BCUT2D eigenvalue weighted by Gasteiger charge is -2.08. The van der Waals surface area contributed by atoms with Crippen molar-refractivity contribution in [3.05, 3.63) is 11.3 Å². The lowest BCUT2D eigenvalue weighted by atomic mass is 10.1. The zero-order valence-electron chi connectivity index (χ0n) is 8.42. The summed E-state index contributed by atoms with van der Waals surface area (Å²) < 4.78 is 10.2. The molecule has 0 aromatic rings. The van der Waals surface area contributed by atoms with E-state index >= 15 is 0 Å². The predicted molar refractivity (Wildman–Crippen MR) is 49.1 cm³/mol. The molecule has 74 valence electrons. The molecule has 0 aliphatic carbocycles. The molecule has 1 atom stereocenters. The Kier molecular flexibility index (Phi) is 3.34. The van der Waals surface area contributed by atoms with E-state index in [1.165, 1.54) is 7.11 Å². The van der Waals surface area contributed by atoms with Crippen LogP contribution in [0.3, 0.4) is 0 Å². The zero-order valence-corrected chi connectivity index (χ0v) is 8.42. The maximum atomic E-state index is 11.2. The van der Waals surface area contributed by atoms with Gasteiger partial charge in [0.15, 0.2) is 0 Å². The van der Waals surface area contributed by atoms with Gasteiger partial charge in [0, 0.05) is 6.42 Å². The first-order valence-electron chi connectivity index (χ1n) is 4.63. The average molecular weight is 184 g/mol. The van der Waals surface area contributed by atoms with Crippen molar-refractivity contribution in [2.24, 2.45) is 0 Å². The van der Waals surface area contributed by atoms with Crippen LogP contribution >= 0.6 is 0 Å². The van der Waals surface area contributed by atoms with Gasteiger partial charge < -0.3 is 9.47 Å². The monoisotopic (exact) mass is 184 g/mol. The van der Waals surface area contributed by atoms with Crippen molar-refractivity contribution < 1.29 is 14.3 Å². The summed E-state index contributed by atoms with van der Waals surface area (Å²) in [5, 5.41) is 0. The highest BCUT2D eigenvalue weighted by molar-refractivity contribution is 5.89. The zero-order chi connectivity index (χ0) is 9.84. The summed E-state index contributed by atoms with van der Waals surface area (Å²) in [5.41, 5.74) is 0.695. The Bertz CT molecular complexity index is 230. The number of hydrogen-bond acceptors (Lipinski definition) is 3. The first-order valence-corrected chi connectivity index (χ1v) is 4.63. The van der Waals surface area contributed by atoms with Gasteiger partial charge in [-0.1, -0.05) is 13.3 Å². The molecule has 1 aliphatic rings. The molecule has 0 radical (unpaired) electrons. The van der Waals surface area contributed by atoms with E-state index in [4.69, 9.17) is 4.74 Å². The highest BCUT2D eigenvalue weighted by atomic mass is 16.5. The number of hydrogen-bond donors (Lipinski definition) is 0. The average Bonchev–Trinajstić information content (AvgIpc) is 2.46. The number of methoxy groups -OCH3 is 1. The lowest BCUT2D eigenvalue weighted by Crippen LogP contribution is -2.08. The fourth-order valence-corrected chi connectivity index (χ4v) is 1.57. The Morgan fingerprint density at radius 1 is 1.69 bits per heavy atom. The van der Waals surface area contributed by atoms with Crippen molar-refractivity contribution in [1.82, 2.24) is 0 Å². The molecule has 0 saturated heterocycles. The number of ether oxygens (including phenoxy) is 2. The quantitative estimate of drug-likeness (QED) is 0.629. The number of carbonyl (C=O) groups excluding carboxylic acids is 1. The topological polar surface area (TPSA) is 35.5 Å². The van der Waals surface area contributed by atoms with Crippen LogP contribution in [0, 0.1) is 0 Å². The minimum Gasteiger partial charge on any atom is -0.494 e. The van der Waals surface area contributed by atoms with Gasteiger partial charge in [-0.2, -0.15) is 0 Å². The summed E-state index contributed by atoms with van der Waals surface area (Å²) in [6.45, 7) is 3.93. The summed E-state index contributed by atoms with van der Waals surface area (Å²) in [6.07, 6.45) is 2.95. The van der Waals surface area contributed by atoms with Gasteiger partial charge in [0.05, 0.1) is 12.7 Å². The second kappa shape index (κ2) is 4.30. The fourth-order valence-electron chi connectivity index (χ4n) is 1.57. The Hall–Kier alpha value is -0.990. The minimum atomic E-state index is -0.254. The Morgan fingerprint density at radius 3 is 2.92 bits per heavy atom. The van der Waals surface area contributed by atoms with E-state index in [1.807, 2.05) is 6.92 Å². The maximum absolute atomic E-state index is 11.2. The van der Waals surface area contributed by atoms with Crippen LogP contribution < -0.4 is 0 Å². The van der Waals surface area contributed by atoms with Gasteiger partial charge >= 0.3 is 5.97 Å². The molecule has 3 nitrogen and oxygen atoms in total. The van der Waals surface area contributed by atoms with E-state index in [1.54, 1.807) is 0 Å². The number of rotatable bonds is 3. The number of esters is 1. The van der Waals surface area contributed by atoms with E-state index < -0.39 is 0 Å². The predicted octanol–water partition coefficient (Wildman–Crippen LogP) is 2.02. The van der Waals surface area contributed by atoms with Gasteiger partial charge in [0.2, 0.25) is 0 Å². The van der Waals surface area contributed by atoms with Crippen molar-refractivity contribution >= 4 is 5.97 Å². The molecule has 1 unspecified atom stereocenters. The Balaban J connectivity index is 2.57. The van der Waals surface area contributed by atoms with E-state index in [0.29, 0.717) is 12.0 Å². The normalized spacial score (nSPS) is 21.6. The van der Waals surface area contributed by atoms with Crippen molar-refractivity contribution in [3.8, 4) is 0 Å². The van der Waals surface area contributed by atoms with Crippen LogP contribution in [0.15, 0.2) is 11.3 Å². The molecule has 1 aliphatic heterocycles. The standard InChI is InChI=1S/C10H16O3/c1-4-5-8-6-9(7(2)13-8)10(11)12-3/h8H,4-6H2,1-3H3. The first kappa shape index (κ1) is 10.1. The van der Waals surface area contributed by atoms with Crippen molar-refractivity contribution in [3.63, 3.8) is 0 Å². The summed E-state index contributed by atoms with van der Waals surface area (Å²) in [5.74, 6) is 0.474. The minimum absolute atomic E-state index is 0.180. The highest BCUT2D eigenvalue weighted by Crippen LogP contribution is 2.27. The molecule has 0 N–H and O–H groups in total.